The third-order valence-corrected chi connectivity index (χ3v) is 3.57. The predicted molar refractivity (Wildman–Crippen MR) is 82.8 cm³/mol. The maximum Gasteiger partial charge on any atom is 0.326 e. The largest absolute Gasteiger partial charge is 0.480 e. The van der Waals surface area contributed by atoms with Crippen LogP contribution in [0.2, 0.25) is 0 Å². The smallest absolute Gasteiger partial charge is 0.326 e. The maximum atomic E-state index is 12.1. The van der Waals surface area contributed by atoms with Crippen molar-refractivity contribution in [3.05, 3.63) is 35.4 Å². The molecule has 22 heavy (non-hydrogen) atoms. The molecule has 2 N–H and O–H groups in total. The number of nitrogens with zero attached hydrogens (tertiary/aromatic N) is 1. The monoisotopic (exact) mass is 306 g/mol. The summed E-state index contributed by atoms with van der Waals surface area (Å²) in [6, 6.07) is 5.20. The molecule has 0 heterocycles. The van der Waals surface area contributed by atoms with Crippen molar-refractivity contribution in [1.29, 1.82) is 0 Å². The van der Waals surface area contributed by atoms with Gasteiger partial charge in [-0.15, -0.1) is 0 Å². The molecular weight excluding hydrogens is 284 g/mol. The number of hydrogen-bond donors (Lipinski definition) is 2. The van der Waals surface area contributed by atoms with Crippen molar-refractivity contribution in [2.24, 2.45) is 5.92 Å². The van der Waals surface area contributed by atoms with E-state index in [0.29, 0.717) is 17.5 Å². The van der Waals surface area contributed by atoms with Crippen LogP contribution in [0.15, 0.2) is 24.3 Å². The van der Waals surface area contributed by atoms with Gasteiger partial charge in [0, 0.05) is 25.2 Å². The predicted octanol–water partition coefficient (Wildman–Crippen LogP) is 1.62. The first-order valence-electron chi connectivity index (χ1n) is 7.13. The second-order valence-electron chi connectivity index (χ2n) is 5.45. The summed E-state index contributed by atoms with van der Waals surface area (Å²) >= 11 is 0. The molecule has 0 aliphatic heterocycles. The van der Waals surface area contributed by atoms with Crippen molar-refractivity contribution in [2.45, 2.75) is 26.3 Å². The van der Waals surface area contributed by atoms with Gasteiger partial charge in [0.2, 0.25) is 0 Å². The Morgan fingerprint density at radius 1 is 1.14 bits per heavy atom. The van der Waals surface area contributed by atoms with Crippen molar-refractivity contribution in [1.82, 2.24) is 10.2 Å². The van der Waals surface area contributed by atoms with Crippen molar-refractivity contribution >= 4 is 17.8 Å². The lowest BCUT2D eigenvalue weighted by Gasteiger charge is -2.20. The van der Waals surface area contributed by atoms with Crippen molar-refractivity contribution < 1.29 is 19.5 Å². The highest BCUT2D eigenvalue weighted by molar-refractivity contribution is 5.99. The molecule has 6 heteroatoms. The van der Waals surface area contributed by atoms with Crippen LogP contribution >= 0.6 is 0 Å². The van der Waals surface area contributed by atoms with E-state index in [1.807, 2.05) is 6.92 Å². The van der Waals surface area contributed by atoms with Crippen LogP contribution in [0, 0.1) is 5.92 Å². The fourth-order valence-corrected chi connectivity index (χ4v) is 1.93. The lowest BCUT2D eigenvalue weighted by atomic mass is 9.99. The number of amides is 2. The van der Waals surface area contributed by atoms with Gasteiger partial charge in [-0.3, -0.25) is 9.59 Å². The van der Waals surface area contributed by atoms with E-state index >= 15 is 0 Å². The molecule has 1 aromatic rings. The summed E-state index contributed by atoms with van der Waals surface area (Å²) in [6.45, 7) is 3.65. The first-order valence-corrected chi connectivity index (χ1v) is 7.13. The van der Waals surface area contributed by atoms with Gasteiger partial charge < -0.3 is 15.3 Å². The molecule has 0 fully saturated rings. The van der Waals surface area contributed by atoms with Crippen LogP contribution in [0.25, 0.3) is 0 Å². The van der Waals surface area contributed by atoms with Gasteiger partial charge in [0.25, 0.3) is 11.8 Å². The number of carboxylic acids is 1. The molecule has 0 aromatic heterocycles. The molecule has 0 saturated heterocycles. The van der Waals surface area contributed by atoms with Gasteiger partial charge in [-0.05, 0) is 30.2 Å². The minimum Gasteiger partial charge on any atom is -0.480 e. The summed E-state index contributed by atoms with van der Waals surface area (Å²) in [4.78, 5) is 36.6. The van der Waals surface area contributed by atoms with E-state index in [1.54, 1.807) is 33.2 Å². The SMILES string of the molecule is CCC(C)C(NC(=O)c1ccc(C(=O)N(C)C)cc1)C(=O)O. The van der Waals surface area contributed by atoms with Crippen molar-refractivity contribution in [3.63, 3.8) is 0 Å². The quantitative estimate of drug-likeness (QED) is 0.836. The zero-order valence-corrected chi connectivity index (χ0v) is 13.3. The van der Waals surface area contributed by atoms with Crippen LogP contribution < -0.4 is 5.32 Å². The van der Waals surface area contributed by atoms with E-state index in [-0.39, 0.29) is 11.8 Å². The van der Waals surface area contributed by atoms with E-state index in [0.717, 1.165) is 0 Å². The molecule has 0 bridgehead atoms. The van der Waals surface area contributed by atoms with Crippen LogP contribution in [-0.4, -0.2) is 47.9 Å². The first-order chi connectivity index (χ1) is 10.3. The Morgan fingerprint density at radius 2 is 1.64 bits per heavy atom. The number of benzene rings is 1. The topological polar surface area (TPSA) is 86.7 Å². The normalized spacial score (nSPS) is 13.1. The number of carbonyl (C=O) groups is 3. The standard InChI is InChI=1S/C16H22N2O4/c1-5-10(2)13(16(21)22)17-14(19)11-6-8-12(9-7-11)15(20)18(3)4/h6-10,13H,5H2,1-4H3,(H,17,19)(H,21,22). The van der Waals surface area contributed by atoms with Gasteiger partial charge in [-0.1, -0.05) is 20.3 Å². The molecule has 0 saturated carbocycles. The fourth-order valence-electron chi connectivity index (χ4n) is 1.93. The minimum atomic E-state index is -1.05. The van der Waals surface area contributed by atoms with Crippen LogP contribution in [0.1, 0.15) is 41.0 Å². The third-order valence-electron chi connectivity index (χ3n) is 3.57. The minimum absolute atomic E-state index is 0.157. The average molecular weight is 306 g/mol. The second kappa shape index (κ2) is 7.59. The summed E-state index contributed by atoms with van der Waals surface area (Å²) in [5, 5.41) is 11.7. The van der Waals surface area contributed by atoms with Crippen LogP contribution in [0.5, 0.6) is 0 Å². The van der Waals surface area contributed by atoms with Gasteiger partial charge in [0.05, 0.1) is 0 Å². The number of rotatable bonds is 6. The molecule has 0 radical (unpaired) electrons. The summed E-state index contributed by atoms with van der Waals surface area (Å²) in [5.41, 5.74) is 0.795. The van der Waals surface area contributed by atoms with Crippen molar-refractivity contribution in [3.8, 4) is 0 Å². The molecule has 2 atom stereocenters. The van der Waals surface area contributed by atoms with E-state index in [2.05, 4.69) is 5.32 Å². The Morgan fingerprint density at radius 3 is 2.05 bits per heavy atom. The Labute approximate surface area is 130 Å². The van der Waals surface area contributed by atoms with E-state index in [1.165, 1.54) is 17.0 Å². The van der Waals surface area contributed by atoms with Crippen molar-refractivity contribution in [2.75, 3.05) is 14.1 Å². The summed E-state index contributed by atoms with van der Waals surface area (Å²) in [6.07, 6.45) is 0.646. The molecule has 1 aromatic carbocycles. The van der Waals surface area contributed by atoms with Gasteiger partial charge >= 0.3 is 5.97 Å². The lowest BCUT2D eigenvalue weighted by Crippen LogP contribution is -2.45. The summed E-state index contributed by atoms with van der Waals surface area (Å²) < 4.78 is 0. The van der Waals surface area contributed by atoms with E-state index in [9.17, 15) is 19.5 Å². The maximum absolute atomic E-state index is 12.1. The zero-order valence-electron chi connectivity index (χ0n) is 13.3. The van der Waals surface area contributed by atoms with E-state index in [4.69, 9.17) is 0 Å². The van der Waals surface area contributed by atoms with E-state index < -0.39 is 17.9 Å². The highest BCUT2D eigenvalue weighted by Gasteiger charge is 2.25. The molecule has 120 valence electrons. The average Bonchev–Trinajstić information content (AvgIpc) is 2.50. The number of aliphatic carboxylic acids is 1. The molecule has 0 aliphatic carbocycles. The zero-order chi connectivity index (χ0) is 16.9. The molecule has 0 spiro atoms. The number of nitrogens with one attached hydrogen (secondary N) is 1. The summed E-state index contributed by atoms with van der Waals surface area (Å²) in [5.74, 6) is -1.84. The first kappa shape index (κ1) is 17.7. The number of carboxylic acid groups (broad SMARTS) is 1. The van der Waals surface area contributed by atoms with Gasteiger partial charge in [0.15, 0.2) is 0 Å². The Balaban J connectivity index is 2.85. The number of carbonyl (C=O) groups excluding carboxylic acids is 2. The molecular formula is C16H22N2O4. The lowest BCUT2D eigenvalue weighted by molar-refractivity contribution is -0.140. The number of hydrogen-bond acceptors (Lipinski definition) is 3. The van der Waals surface area contributed by atoms with Crippen LogP contribution in [0.3, 0.4) is 0 Å². The molecule has 2 unspecified atom stereocenters. The Bertz CT molecular complexity index is 552. The summed E-state index contributed by atoms with van der Waals surface area (Å²) in [7, 11) is 3.29. The Kier molecular flexibility index (Phi) is 6.10. The Hall–Kier alpha value is -2.37. The fraction of sp³-hybridized carbons (Fsp3) is 0.438. The van der Waals surface area contributed by atoms with Gasteiger partial charge in [-0.2, -0.15) is 0 Å². The van der Waals surface area contributed by atoms with Gasteiger partial charge in [0.1, 0.15) is 6.04 Å². The highest BCUT2D eigenvalue weighted by Crippen LogP contribution is 2.11. The molecule has 2 amide bonds. The molecule has 1 rings (SSSR count). The van der Waals surface area contributed by atoms with Gasteiger partial charge in [-0.25, -0.2) is 4.79 Å². The molecule has 0 aliphatic rings. The second-order valence-corrected chi connectivity index (χ2v) is 5.45. The third kappa shape index (κ3) is 4.31. The highest BCUT2D eigenvalue weighted by atomic mass is 16.4. The molecule has 6 nitrogen and oxygen atoms in total. The van der Waals surface area contributed by atoms with Crippen LogP contribution in [-0.2, 0) is 4.79 Å². The van der Waals surface area contributed by atoms with Crippen LogP contribution in [0.4, 0.5) is 0 Å².